The van der Waals surface area contributed by atoms with Crippen molar-refractivity contribution >= 4 is 17.5 Å². The minimum atomic E-state index is -0.531. The smallest absolute Gasteiger partial charge is 0.331 e. The lowest BCUT2D eigenvalue weighted by molar-refractivity contribution is -0.122. The summed E-state index contributed by atoms with van der Waals surface area (Å²) in [5, 5.41) is 2.74. The van der Waals surface area contributed by atoms with Gasteiger partial charge in [0, 0.05) is 37.5 Å². The number of hydrogen-bond acceptors (Lipinski definition) is 4. The van der Waals surface area contributed by atoms with Crippen molar-refractivity contribution in [1.29, 1.82) is 0 Å². The van der Waals surface area contributed by atoms with Crippen molar-refractivity contribution in [3.05, 3.63) is 98.8 Å². The van der Waals surface area contributed by atoms with Crippen LogP contribution in [-0.2, 0) is 29.2 Å². The zero-order valence-electron chi connectivity index (χ0n) is 17.6. The van der Waals surface area contributed by atoms with Crippen molar-refractivity contribution in [3.63, 3.8) is 0 Å². The molecular weight excluding hydrogens is 408 g/mol. The molecule has 8 heteroatoms. The molecule has 0 aliphatic carbocycles. The summed E-state index contributed by atoms with van der Waals surface area (Å²) >= 11 is 0. The highest BCUT2D eigenvalue weighted by Gasteiger charge is 2.21. The van der Waals surface area contributed by atoms with Gasteiger partial charge in [0.2, 0.25) is 11.8 Å². The fourth-order valence-electron chi connectivity index (χ4n) is 3.72. The Bertz CT molecular complexity index is 1230. The van der Waals surface area contributed by atoms with Crippen LogP contribution >= 0.6 is 0 Å². The van der Waals surface area contributed by atoms with Gasteiger partial charge in [-0.25, -0.2) is 4.79 Å². The van der Waals surface area contributed by atoms with Gasteiger partial charge in [-0.15, -0.1) is 0 Å². The largest absolute Gasteiger partial charge is 0.350 e. The van der Waals surface area contributed by atoms with Crippen LogP contribution in [0.15, 0.2) is 76.4 Å². The van der Waals surface area contributed by atoms with E-state index < -0.39 is 17.2 Å². The van der Waals surface area contributed by atoms with Crippen molar-refractivity contribution in [1.82, 2.24) is 14.5 Å². The number of carbonyl (C=O) groups is 2. The summed E-state index contributed by atoms with van der Waals surface area (Å²) in [4.78, 5) is 50.9. The maximum Gasteiger partial charge on any atom is 0.331 e. The highest BCUT2D eigenvalue weighted by atomic mass is 16.2. The standard InChI is InChI=1S/C24H24N4O4/c29-21(25-15-18-8-10-20(11-9-18)27-13-4-7-22(27)30)17-28-23(31)12-14-26(24(28)32)16-19-5-2-1-3-6-19/h1-3,5-6,8-12,14H,4,7,13,15-17H2,(H,25,29). The molecule has 1 saturated heterocycles. The van der Waals surface area contributed by atoms with E-state index in [0.29, 0.717) is 13.0 Å². The third kappa shape index (κ3) is 4.85. The molecule has 1 fully saturated rings. The van der Waals surface area contributed by atoms with Gasteiger partial charge in [0.25, 0.3) is 5.56 Å². The fraction of sp³-hybridized carbons (Fsp3) is 0.250. The van der Waals surface area contributed by atoms with E-state index in [1.807, 2.05) is 54.6 Å². The van der Waals surface area contributed by atoms with Crippen molar-refractivity contribution in [2.75, 3.05) is 11.4 Å². The van der Waals surface area contributed by atoms with Crippen LogP contribution in [0.25, 0.3) is 0 Å². The van der Waals surface area contributed by atoms with Crippen LogP contribution in [0.5, 0.6) is 0 Å². The first-order valence-corrected chi connectivity index (χ1v) is 10.5. The lowest BCUT2D eigenvalue weighted by Gasteiger charge is -2.16. The van der Waals surface area contributed by atoms with Crippen molar-refractivity contribution in [2.45, 2.75) is 32.5 Å². The molecule has 2 amide bonds. The highest BCUT2D eigenvalue weighted by Crippen LogP contribution is 2.21. The van der Waals surface area contributed by atoms with Crippen molar-refractivity contribution in [2.24, 2.45) is 0 Å². The average molecular weight is 432 g/mol. The molecule has 0 saturated carbocycles. The monoisotopic (exact) mass is 432 g/mol. The first kappa shape index (κ1) is 21.3. The predicted octanol–water partition coefficient (Wildman–Crippen LogP) is 1.50. The Hall–Kier alpha value is -3.94. The van der Waals surface area contributed by atoms with E-state index >= 15 is 0 Å². The number of nitrogens with one attached hydrogen (secondary N) is 1. The van der Waals surface area contributed by atoms with Gasteiger partial charge in [-0.05, 0) is 29.7 Å². The second kappa shape index (κ2) is 9.47. The average Bonchev–Trinajstić information content (AvgIpc) is 3.24. The fourth-order valence-corrected chi connectivity index (χ4v) is 3.72. The molecule has 1 aliphatic rings. The summed E-state index contributed by atoms with van der Waals surface area (Å²) in [6, 6.07) is 18.1. The Labute approximate surface area is 184 Å². The first-order valence-electron chi connectivity index (χ1n) is 10.5. The summed E-state index contributed by atoms with van der Waals surface area (Å²) in [5.74, 6) is -0.308. The molecule has 0 bridgehead atoms. The van der Waals surface area contributed by atoms with Crippen LogP contribution in [0, 0.1) is 0 Å². The third-order valence-electron chi connectivity index (χ3n) is 5.45. The molecule has 164 valence electrons. The summed E-state index contributed by atoms with van der Waals surface area (Å²) in [6.07, 6.45) is 2.88. The van der Waals surface area contributed by atoms with Crippen LogP contribution in [0.1, 0.15) is 24.0 Å². The zero-order chi connectivity index (χ0) is 22.5. The number of aromatic nitrogens is 2. The number of amides is 2. The number of carbonyl (C=O) groups excluding carboxylic acids is 2. The minimum absolute atomic E-state index is 0.122. The Balaban J connectivity index is 1.39. The Morgan fingerprint density at radius 3 is 2.34 bits per heavy atom. The number of rotatable bonds is 7. The molecule has 1 aromatic heterocycles. The Kier molecular flexibility index (Phi) is 6.30. The third-order valence-corrected chi connectivity index (χ3v) is 5.45. The van der Waals surface area contributed by atoms with E-state index in [4.69, 9.17) is 0 Å². The predicted molar refractivity (Wildman–Crippen MR) is 120 cm³/mol. The molecule has 0 spiro atoms. The lowest BCUT2D eigenvalue weighted by Crippen LogP contribution is -2.43. The van der Waals surface area contributed by atoms with E-state index in [1.54, 1.807) is 4.90 Å². The second-order valence-electron chi connectivity index (χ2n) is 7.73. The van der Waals surface area contributed by atoms with Gasteiger partial charge in [-0.1, -0.05) is 42.5 Å². The molecule has 1 N–H and O–H groups in total. The normalized spacial score (nSPS) is 13.4. The van der Waals surface area contributed by atoms with Gasteiger partial charge in [0.15, 0.2) is 0 Å². The van der Waals surface area contributed by atoms with Crippen LogP contribution in [0.3, 0.4) is 0 Å². The van der Waals surface area contributed by atoms with E-state index in [0.717, 1.165) is 34.3 Å². The number of anilines is 1. The van der Waals surface area contributed by atoms with Crippen molar-refractivity contribution in [3.8, 4) is 0 Å². The summed E-state index contributed by atoms with van der Waals surface area (Å²) in [7, 11) is 0. The molecule has 3 aromatic rings. The van der Waals surface area contributed by atoms with Gasteiger partial charge in [0.1, 0.15) is 6.54 Å². The topological polar surface area (TPSA) is 93.4 Å². The molecule has 4 rings (SSSR count). The lowest BCUT2D eigenvalue weighted by atomic mass is 10.2. The first-order chi connectivity index (χ1) is 15.5. The summed E-state index contributed by atoms with van der Waals surface area (Å²) in [5.41, 5.74) is 1.57. The van der Waals surface area contributed by atoms with E-state index in [1.165, 1.54) is 16.8 Å². The summed E-state index contributed by atoms with van der Waals surface area (Å²) < 4.78 is 2.34. The van der Waals surface area contributed by atoms with Crippen LogP contribution in [-0.4, -0.2) is 27.5 Å². The van der Waals surface area contributed by atoms with Gasteiger partial charge < -0.3 is 10.2 Å². The minimum Gasteiger partial charge on any atom is -0.350 e. The molecule has 8 nitrogen and oxygen atoms in total. The van der Waals surface area contributed by atoms with Gasteiger partial charge >= 0.3 is 5.69 Å². The Morgan fingerprint density at radius 1 is 0.906 bits per heavy atom. The SMILES string of the molecule is O=C(Cn1c(=O)ccn(Cc2ccccc2)c1=O)NCc1ccc(N2CCCC2=O)cc1. The van der Waals surface area contributed by atoms with Gasteiger partial charge in [-0.2, -0.15) is 0 Å². The molecular formula is C24H24N4O4. The quantitative estimate of drug-likeness (QED) is 0.612. The molecule has 32 heavy (non-hydrogen) atoms. The molecule has 2 aromatic carbocycles. The van der Waals surface area contributed by atoms with Crippen LogP contribution in [0.2, 0.25) is 0 Å². The molecule has 2 heterocycles. The van der Waals surface area contributed by atoms with Crippen LogP contribution < -0.4 is 21.5 Å². The van der Waals surface area contributed by atoms with E-state index in [9.17, 15) is 19.2 Å². The molecule has 1 aliphatic heterocycles. The van der Waals surface area contributed by atoms with Crippen molar-refractivity contribution < 1.29 is 9.59 Å². The number of benzene rings is 2. The highest BCUT2D eigenvalue weighted by molar-refractivity contribution is 5.95. The summed E-state index contributed by atoms with van der Waals surface area (Å²) in [6.45, 7) is 0.941. The van der Waals surface area contributed by atoms with E-state index in [2.05, 4.69) is 5.32 Å². The van der Waals surface area contributed by atoms with Gasteiger partial charge in [0.05, 0.1) is 6.54 Å². The van der Waals surface area contributed by atoms with Crippen LogP contribution in [0.4, 0.5) is 5.69 Å². The van der Waals surface area contributed by atoms with Gasteiger partial charge in [-0.3, -0.25) is 23.5 Å². The maximum absolute atomic E-state index is 12.7. The van der Waals surface area contributed by atoms with E-state index in [-0.39, 0.29) is 19.0 Å². The number of hydrogen-bond donors (Lipinski definition) is 1. The zero-order valence-corrected chi connectivity index (χ0v) is 17.6. The molecule has 0 unspecified atom stereocenters. The molecule has 0 radical (unpaired) electrons. The molecule has 0 atom stereocenters. The Morgan fingerprint density at radius 2 is 1.66 bits per heavy atom. The maximum atomic E-state index is 12.7. The number of nitrogens with zero attached hydrogens (tertiary/aromatic N) is 3. The second-order valence-corrected chi connectivity index (χ2v) is 7.73.